The molecule has 0 atom stereocenters. The molecule has 104 valence electrons. The molecule has 0 aliphatic heterocycles. The second-order valence-electron chi connectivity index (χ2n) is 4.78. The first kappa shape index (κ1) is 13.8. The highest BCUT2D eigenvalue weighted by molar-refractivity contribution is 9.10. The monoisotopic (exact) mass is 339 g/mol. The van der Waals surface area contributed by atoms with Crippen LogP contribution in [0.15, 0.2) is 59.1 Å². The van der Waals surface area contributed by atoms with Gasteiger partial charge >= 0.3 is 0 Å². The van der Waals surface area contributed by atoms with Gasteiger partial charge < -0.3 is 5.73 Å². The molecule has 2 aromatic carbocycles. The lowest BCUT2D eigenvalue weighted by Gasteiger charge is -2.07. The molecule has 0 unspecified atom stereocenters. The molecule has 3 aromatic rings. The van der Waals surface area contributed by atoms with Crippen molar-refractivity contribution >= 4 is 21.7 Å². The van der Waals surface area contributed by atoms with E-state index in [0.717, 1.165) is 15.7 Å². The SMILES string of the molecule is Cc1nc(-c2ccc(-c3ccccc3)cc2)nc(N)c1Br. The van der Waals surface area contributed by atoms with E-state index in [1.807, 2.05) is 37.3 Å². The number of nitrogen functional groups attached to an aromatic ring is 1. The van der Waals surface area contributed by atoms with E-state index in [0.29, 0.717) is 11.6 Å². The molecule has 0 aliphatic carbocycles. The van der Waals surface area contributed by atoms with Crippen LogP contribution in [-0.4, -0.2) is 9.97 Å². The Morgan fingerprint density at radius 3 is 2.00 bits per heavy atom. The van der Waals surface area contributed by atoms with Gasteiger partial charge in [-0.1, -0.05) is 54.6 Å². The van der Waals surface area contributed by atoms with Crippen LogP contribution in [0, 0.1) is 6.92 Å². The van der Waals surface area contributed by atoms with Gasteiger partial charge in [-0.05, 0) is 34.0 Å². The highest BCUT2D eigenvalue weighted by atomic mass is 79.9. The largest absolute Gasteiger partial charge is 0.383 e. The van der Waals surface area contributed by atoms with Crippen LogP contribution in [0.1, 0.15) is 5.69 Å². The number of benzene rings is 2. The van der Waals surface area contributed by atoms with Crippen LogP contribution >= 0.6 is 15.9 Å². The van der Waals surface area contributed by atoms with E-state index in [2.05, 4.69) is 50.2 Å². The fourth-order valence-corrected chi connectivity index (χ4v) is 2.33. The molecular formula is C17H14BrN3. The fourth-order valence-electron chi connectivity index (χ4n) is 2.15. The average Bonchev–Trinajstić information content (AvgIpc) is 2.53. The number of aryl methyl sites for hydroxylation is 1. The normalized spacial score (nSPS) is 10.6. The molecule has 2 N–H and O–H groups in total. The summed E-state index contributed by atoms with van der Waals surface area (Å²) in [4.78, 5) is 8.79. The summed E-state index contributed by atoms with van der Waals surface area (Å²) in [6, 6.07) is 18.4. The zero-order valence-corrected chi connectivity index (χ0v) is 13.1. The number of aromatic nitrogens is 2. The molecule has 0 spiro atoms. The maximum Gasteiger partial charge on any atom is 0.161 e. The van der Waals surface area contributed by atoms with E-state index in [1.54, 1.807) is 0 Å². The van der Waals surface area contributed by atoms with E-state index in [1.165, 1.54) is 11.1 Å². The number of nitrogens with two attached hydrogens (primary N) is 1. The van der Waals surface area contributed by atoms with Crippen LogP contribution in [0.2, 0.25) is 0 Å². The van der Waals surface area contributed by atoms with E-state index >= 15 is 0 Å². The third-order valence-corrected chi connectivity index (χ3v) is 4.27. The number of hydrogen-bond donors (Lipinski definition) is 1. The molecule has 0 saturated carbocycles. The van der Waals surface area contributed by atoms with E-state index in [4.69, 9.17) is 5.73 Å². The topological polar surface area (TPSA) is 51.8 Å². The third-order valence-electron chi connectivity index (χ3n) is 3.29. The molecule has 21 heavy (non-hydrogen) atoms. The van der Waals surface area contributed by atoms with Crippen molar-refractivity contribution in [1.29, 1.82) is 0 Å². The zero-order chi connectivity index (χ0) is 14.8. The summed E-state index contributed by atoms with van der Waals surface area (Å²) in [6.07, 6.45) is 0. The van der Waals surface area contributed by atoms with Crippen molar-refractivity contribution < 1.29 is 0 Å². The van der Waals surface area contributed by atoms with Crippen molar-refractivity contribution in [3.8, 4) is 22.5 Å². The van der Waals surface area contributed by atoms with Gasteiger partial charge in [-0.3, -0.25) is 0 Å². The lowest BCUT2D eigenvalue weighted by molar-refractivity contribution is 1.10. The Labute approximate surface area is 132 Å². The molecule has 0 fully saturated rings. The number of anilines is 1. The van der Waals surface area contributed by atoms with Crippen LogP contribution in [-0.2, 0) is 0 Å². The third kappa shape index (κ3) is 2.81. The van der Waals surface area contributed by atoms with E-state index in [-0.39, 0.29) is 0 Å². The van der Waals surface area contributed by atoms with Gasteiger partial charge in [-0.25, -0.2) is 9.97 Å². The lowest BCUT2D eigenvalue weighted by Crippen LogP contribution is -1.99. The Morgan fingerprint density at radius 1 is 0.810 bits per heavy atom. The Kier molecular flexibility index (Phi) is 3.71. The van der Waals surface area contributed by atoms with Crippen molar-refractivity contribution in [3.05, 3.63) is 64.8 Å². The van der Waals surface area contributed by atoms with Crippen LogP contribution in [0.3, 0.4) is 0 Å². The van der Waals surface area contributed by atoms with Gasteiger partial charge in [0, 0.05) is 5.56 Å². The minimum atomic E-state index is 0.463. The standard InChI is InChI=1S/C17H14BrN3/c1-11-15(18)16(19)21-17(20-11)14-9-7-13(8-10-14)12-5-3-2-4-6-12/h2-10H,1H3,(H2,19,20,21). The predicted octanol–water partition coefficient (Wildman–Crippen LogP) is 4.46. The Hall–Kier alpha value is -2.20. The van der Waals surface area contributed by atoms with Gasteiger partial charge in [-0.15, -0.1) is 0 Å². The molecule has 1 heterocycles. The van der Waals surface area contributed by atoms with Crippen LogP contribution in [0.25, 0.3) is 22.5 Å². The molecular weight excluding hydrogens is 326 g/mol. The Bertz CT molecular complexity index is 745. The van der Waals surface area contributed by atoms with Crippen molar-refractivity contribution in [3.63, 3.8) is 0 Å². The first-order chi connectivity index (χ1) is 10.1. The number of rotatable bonds is 2. The van der Waals surface area contributed by atoms with Crippen molar-refractivity contribution in [1.82, 2.24) is 9.97 Å². The summed E-state index contributed by atoms with van der Waals surface area (Å²) < 4.78 is 0.757. The maximum atomic E-state index is 5.88. The second-order valence-corrected chi connectivity index (χ2v) is 5.57. The molecule has 0 radical (unpaired) electrons. The molecule has 0 aliphatic rings. The van der Waals surface area contributed by atoms with Crippen LogP contribution in [0.4, 0.5) is 5.82 Å². The van der Waals surface area contributed by atoms with Crippen LogP contribution < -0.4 is 5.73 Å². The van der Waals surface area contributed by atoms with Gasteiger partial charge in [0.2, 0.25) is 0 Å². The molecule has 3 rings (SSSR count). The fraction of sp³-hybridized carbons (Fsp3) is 0.0588. The Morgan fingerprint density at radius 2 is 1.38 bits per heavy atom. The first-order valence-electron chi connectivity index (χ1n) is 6.60. The zero-order valence-electron chi connectivity index (χ0n) is 11.5. The van der Waals surface area contributed by atoms with Crippen LogP contribution in [0.5, 0.6) is 0 Å². The Balaban J connectivity index is 1.98. The summed E-state index contributed by atoms with van der Waals surface area (Å²) in [7, 11) is 0. The molecule has 4 heteroatoms. The molecule has 0 amide bonds. The van der Waals surface area contributed by atoms with Gasteiger partial charge in [0.25, 0.3) is 0 Å². The van der Waals surface area contributed by atoms with E-state index < -0.39 is 0 Å². The molecule has 1 aromatic heterocycles. The number of nitrogens with zero attached hydrogens (tertiary/aromatic N) is 2. The summed E-state index contributed by atoms with van der Waals surface area (Å²) >= 11 is 3.38. The second kappa shape index (κ2) is 5.66. The van der Waals surface area contributed by atoms with Gasteiger partial charge in [0.15, 0.2) is 5.82 Å². The minimum Gasteiger partial charge on any atom is -0.383 e. The predicted molar refractivity (Wildman–Crippen MR) is 89.8 cm³/mol. The summed E-state index contributed by atoms with van der Waals surface area (Å²) in [5.41, 5.74) is 10.0. The lowest BCUT2D eigenvalue weighted by atomic mass is 10.0. The van der Waals surface area contributed by atoms with Gasteiger partial charge in [0.05, 0.1) is 10.2 Å². The van der Waals surface area contributed by atoms with Crippen molar-refractivity contribution in [2.24, 2.45) is 0 Å². The van der Waals surface area contributed by atoms with Gasteiger partial charge in [0.1, 0.15) is 5.82 Å². The van der Waals surface area contributed by atoms with E-state index in [9.17, 15) is 0 Å². The number of hydrogen-bond acceptors (Lipinski definition) is 3. The smallest absolute Gasteiger partial charge is 0.161 e. The first-order valence-corrected chi connectivity index (χ1v) is 7.40. The highest BCUT2D eigenvalue weighted by Gasteiger charge is 2.08. The molecule has 0 saturated heterocycles. The quantitative estimate of drug-likeness (QED) is 0.749. The molecule has 3 nitrogen and oxygen atoms in total. The van der Waals surface area contributed by atoms with Crippen molar-refractivity contribution in [2.75, 3.05) is 5.73 Å². The maximum absolute atomic E-state index is 5.88. The summed E-state index contributed by atoms with van der Waals surface area (Å²) in [5.74, 6) is 1.11. The van der Waals surface area contributed by atoms with Gasteiger partial charge in [-0.2, -0.15) is 0 Å². The average molecular weight is 340 g/mol. The summed E-state index contributed by atoms with van der Waals surface area (Å²) in [6.45, 7) is 1.91. The summed E-state index contributed by atoms with van der Waals surface area (Å²) in [5, 5.41) is 0. The molecule has 0 bridgehead atoms. The highest BCUT2D eigenvalue weighted by Crippen LogP contribution is 2.26. The van der Waals surface area contributed by atoms with Crippen molar-refractivity contribution in [2.45, 2.75) is 6.92 Å². The number of halogens is 1. The minimum absolute atomic E-state index is 0.463.